The molecule has 0 unspecified atom stereocenters. The van der Waals surface area contributed by atoms with Gasteiger partial charge < -0.3 is 14.8 Å². The summed E-state index contributed by atoms with van der Waals surface area (Å²) in [4.78, 5) is 11.1. The van der Waals surface area contributed by atoms with Crippen molar-refractivity contribution in [2.24, 2.45) is 13.0 Å². The number of nitrogens with one attached hydrogen (secondary N) is 1. The highest BCUT2D eigenvalue weighted by Crippen LogP contribution is 2.25. The molecule has 0 atom stereocenters. The molecule has 3 rings (SSSR count). The van der Waals surface area contributed by atoms with E-state index >= 15 is 0 Å². The molecule has 1 N–H and O–H groups in total. The summed E-state index contributed by atoms with van der Waals surface area (Å²) in [5, 5.41) is 12.9. The van der Waals surface area contributed by atoms with Crippen molar-refractivity contribution in [1.82, 2.24) is 24.7 Å². The molecule has 7 nitrogen and oxygen atoms in total. The Morgan fingerprint density at radius 1 is 1.24 bits per heavy atom. The molecule has 1 saturated heterocycles. The quantitative estimate of drug-likeness (QED) is 0.793. The third-order valence-corrected chi connectivity index (χ3v) is 5.33. The van der Waals surface area contributed by atoms with Gasteiger partial charge in [0.2, 0.25) is 0 Å². The van der Waals surface area contributed by atoms with Crippen molar-refractivity contribution in [2.75, 3.05) is 29.6 Å². The molecule has 0 saturated carbocycles. The molecular weight excluding hydrogens is 334 g/mol. The Bertz CT molecular complexity index is 692. The maximum Gasteiger partial charge on any atom is 0.190 e. The van der Waals surface area contributed by atoms with Crippen LogP contribution in [-0.4, -0.2) is 50.1 Å². The molecule has 25 heavy (non-hydrogen) atoms. The summed E-state index contributed by atoms with van der Waals surface area (Å²) in [5.41, 5.74) is 0. The Labute approximate surface area is 153 Å². The summed E-state index contributed by atoms with van der Waals surface area (Å²) >= 11 is 1.64. The van der Waals surface area contributed by atoms with Gasteiger partial charge in [-0.25, -0.2) is 9.97 Å². The van der Waals surface area contributed by atoms with E-state index in [2.05, 4.69) is 55.8 Å². The first-order valence-electron chi connectivity index (χ1n) is 8.82. The molecule has 1 fully saturated rings. The number of piperidine rings is 1. The minimum atomic E-state index is 0.367. The lowest BCUT2D eigenvalue weighted by Crippen LogP contribution is -2.35. The van der Waals surface area contributed by atoms with Crippen molar-refractivity contribution in [1.29, 1.82) is 0 Å². The van der Waals surface area contributed by atoms with Gasteiger partial charge in [0.1, 0.15) is 23.8 Å². The fourth-order valence-corrected chi connectivity index (χ4v) is 3.72. The zero-order valence-electron chi connectivity index (χ0n) is 15.4. The molecule has 136 valence electrons. The van der Waals surface area contributed by atoms with Crippen LogP contribution < -0.4 is 10.2 Å². The maximum atomic E-state index is 4.45. The molecule has 1 aliphatic heterocycles. The number of hydrogen-bond donors (Lipinski definition) is 1. The Kier molecular flexibility index (Phi) is 5.78. The predicted molar refractivity (Wildman–Crippen MR) is 102 cm³/mol. The highest BCUT2D eigenvalue weighted by molar-refractivity contribution is 7.98. The van der Waals surface area contributed by atoms with Crippen molar-refractivity contribution >= 4 is 23.4 Å². The van der Waals surface area contributed by atoms with Crippen molar-refractivity contribution in [3.8, 4) is 0 Å². The van der Waals surface area contributed by atoms with Crippen LogP contribution in [0.3, 0.4) is 0 Å². The van der Waals surface area contributed by atoms with Crippen LogP contribution in [0.25, 0.3) is 0 Å². The number of anilines is 2. The fourth-order valence-electron chi connectivity index (χ4n) is 3.22. The van der Waals surface area contributed by atoms with Crippen molar-refractivity contribution in [3.63, 3.8) is 0 Å². The highest BCUT2D eigenvalue weighted by Gasteiger charge is 2.22. The Morgan fingerprint density at radius 2 is 2.00 bits per heavy atom. The van der Waals surface area contributed by atoms with Crippen LogP contribution in [0.2, 0.25) is 0 Å². The lowest BCUT2D eigenvalue weighted by molar-refractivity contribution is 0.391. The molecule has 0 aromatic carbocycles. The van der Waals surface area contributed by atoms with E-state index in [0.717, 1.165) is 55.0 Å². The van der Waals surface area contributed by atoms with E-state index in [1.54, 1.807) is 18.1 Å². The number of nitrogens with zero attached hydrogens (tertiary/aromatic N) is 6. The SMILES string of the molecule is CSc1nnc(CC2CCN(c3cc(NC(C)C)ncn3)CC2)n1C. The van der Waals surface area contributed by atoms with Crippen LogP contribution in [0.15, 0.2) is 17.6 Å². The topological polar surface area (TPSA) is 71.8 Å². The Hall–Kier alpha value is -1.83. The lowest BCUT2D eigenvalue weighted by Gasteiger charge is -2.32. The van der Waals surface area contributed by atoms with E-state index in [1.165, 1.54) is 0 Å². The first-order valence-corrected chi connectivity index (χ1v) is 10.0. The van der Waals surface area contributed by atoms with Gasteiger partial charge in [0.05, 0.1) is 0 Å². The number of rotatable bonds is 6. The van der Waals surface area contributed by atoms with Crippen LogP contribution in [-0.2, 0) is 13.5 Å². The zero-order valence-corrected chi connectivity index (χ0v) is 16.3. The summed E-state index contributed by atoms with van der Waals surface area (Å²) in [6.07, 6.45) is 6.99. The van der Waals surface area contributed by atoms with Gasteiger partial charge in [0.15, 0.2) is 5.16 Å². The minimum absolute atomic E-state index is 0.367. The van der Waals surface area contributed by atoms with Gasteiger partial charge in [-0.3, -0.25) is 0 Å². The number of thioether (sulfide) groups is 1. The second-order valence-electron chi connectivity index (χ2n) is 6.86. The zero-order chi connectivity index (χ0) is 17.8. The average molecular weight is 362 g/mol. The van der Waals surface area contributed by atoms with Gasteiger partial charge in [-0.2, -0.15) is 0 Å². The second kappa shape index (κ2) is 8.03. The molecule has 3 heterocycles. The van der Waals surface area contributed by atoms with Crippen LogP contribution in [0.1, 0.15) is 32.5 Å². The second-order valence-corrected chi connectivity index (χ2v) is 7.63. The van der Waals surface area contributed by atoms with E-state index in [-0.39, 0.29) is 0 Å². The molecule has 0 spiro atoms. The van der Waals surface area contributed by atoms with E-state index in [0.29, 0.717) is 12.0 Å². The maximum absolute atomic E-state index is 4.45. The van der Waals surface area contributed by atoms with Crippen LogP contribution >= 0.6 is 11.8 Å². The molecule has 0 aliphatic carbocycles. The summed E-state index contributed by atoms with van der Waals surface area (Å²) in [7, 11) is 2.06. The van der Waals surface area contributed by atoms with Crippen molar-refractivity contribution in [2.45, 2.75) is 44.3 Å². The molecular formula is C17H27N7S. The van der Waals surface area contributed by atoms with Gasteiger partial charge in [0.25, 0.3) is 0 Å². The van der Waals surface area contributed by atoms with E-state index in [9.17, 15) is 0 Å². The van der Waals surface area contributed by atoms with Crippen molar-refractivity contribution < 1.29 is 0 Å². The molecule has 2 aromatic heterocycles. The normalized spacial score (nSPS) is 15.8. The standard InChI is InChI=1S/C17H27N7S/c1-12(2)20-14-10-15(19-11-18-14)24-7-5-13(6-8-24)9-16-21-22-17(25-4)23(16)3/h10-13H,5-9H2,1-4H3,(H,18,19,20). The number of aromatic nitrogens is 5. The van der Waals surface area contributed by atoms with Crippen molar-refractivity contribution in [3.05, 3.63) is 18.2 Å². The smallest absolute Gasteiger partial charge is 0.190 e. The first-order chi connectivity index (χ1) is 12.1. The monoisotopic (exact) mass is 361 g/mol. The van der Waals surface area contributed by atoms with Gasteiger partial charge in [-0.05, 0) is 38.9 Å². The summed E-state index contributed by atoms with van der Waals surface area (Å²) in [6.45, 7) is 6.27. The Morgan fingerprint density at radius 3 is 2.64 bits per heavy atom. The van der Waals surface area contributed by atoms with Gasteiger partial charge in [0, 0.05) is 38.7 Å². The largest absolute Gasteiger partial charge is 0.368 e. The average Bonchev–Trinajstić information content (AvgIpc) is 2.95. The highest BCUT2D eigenvalue weighted by atomic mass is 32.2. The van der Waals surface area contributed by atoms with Crippen LogP contribution in [0.4, 0.5) is 11.6 Å². The summed E-state index contributed by atoms with van der Waals surface area (Å²) < 4.78 is 2.12. The lowest BCUT2D eigenvalue weighted by atomic mass is 9.93. The third kappa shape index (κ3) is 4.42. The van der Waals surface area contributed by atoms with E-state index in [1.807, 2.05) is 12.3 Å². The van der Waals surface area contributed by atoms with Crippen LogP contribution in [0.5, 0.6) is 0 Å². The van der Waals surface area contributed by atoms with Gasteiger partial charge in [-0.15, -0.1) is 10.2 Å². The molecule has 2 aromatic rings. The fraction of sp³-hybridized carbons (Fsp3) is 0.647. The summed E-state index contributed by atoms with van der Waals surface area (Å²) in [6, 6.07) is 2.42. The minimum Gasteiger partial charge on any atom is -0.368 e. The third-order valence-electron chi connectivity index (χ3n) is 4.61. The first kappa shape index (κ1) is 18.0. The van der Waals surface area contributed by atoms with Crippen LogP contribution in [0, 0.1) is 5.92 Å². The van der Waals surface area contributed by atoms with Gasteiger partial charge >= 0.3 is 0 Å². The number of hydrogen-bond acceptors (Lipinski definition) is 7. The molecule has 8 heteroatoms. The summed E-state index contributed by atoms with van der Waals surface area (Å²) in [5.74, 6) is 3.66. The van der Waals surface area contributed by atoms with E-state index in [4.69, 9.17) is 0 Å². The Balaban J connectivity index is 1.57. The van der Waals surface area contributed by atoms with E-state index < -0.39 is 0 Å². The molecule has 0 bridgehead atoms. The molecule has 0 radical (unpaired) electrons. The van der Waals surface area contributed by atoms with Gasteiger partial charge in [-0.1, -0.05) is 11.8 Å². The molecule has 1 aliphatic rings. The predicted octanol–water partition coefficient (Wildman–Crippen LogP) is 2.61. The molecule has 0 amide bonds.